The molecule has 0 atom stereocenters. The molecule has 4 nitrogen and oxygen atoms in total. The van der Waals surface area contributed by atoms with Crippen LogP contribution in [-0.2, 0) is 17.9 Å². The number of rotatable bonds is 7. The fourth-order valence-corrected chi connectivity index (χ4v) is 2.03. The normalized spacial score (nSPS) is 12.0. The summed E-state index contributed by atoms with van der Waals surface area (Å²) in [7, 11) is -0.991. The van der Waals surface area contributed by atoms with Crippen LogP contribution in [0.25, 0.3) is 0 Å². The van der Waals surface area contributed by atoms with E-state index in [9.17, 15) is 0 Å². The summed E-state index contributed by atoms with van der Waals surface area (Å²) in [5.74, 6) is 0. The molecule has 0 unspecified atom stereocenters. The smallest absolute Gasteiger partial charge is 0.139 e. The Morgan fingerprint density at radius 1 is 1.44 bits per heavy atom. The van der Waals surface area contributed by atoms with Crippen LogP contribution < -0.4 is 0 Å². The summed E-state index contributed by atoms with van der Waals surface area (Å²) in [6, 6.07) is 1.18. The molecule has 0 aliphatic heterocycles. The van der Waals surface area contributed by atoms with Gasteiger partial charge in [0.1, 0.15) is 6.73 Å². The van der Waals surface area contributed by atoms with Gasteiger partial charge in [-0.25, -0.2) is 4.68 Å². The third-order valence-electron chi connectivity index (χ3n) is 2.31. The van der Waals surface area contributed by atoms with Gasteiger partial charge in [-0.15, -0.1) is 0 Å². The Balaban J connectivity index is 2.21. The molecule has 16 heavy (non-hydrogen) atoms. The molecule has 92 valence electrons. The highest BCUT2D eigenvalue weighted by Gasteiger charge is 2.11. The van der Waals surface area contributed by atoms with E-state index in [1.54, 1.807) is 10.9 Å². The Hall–Kier alpha value is -0.653. The average molecular weight is 242 g/mol. The summed E-state index contributed by atoms with van der Waals surface area (Å²) in [5, 5.41) is 12.9. The van der Waals surface area contributed by atoms with Gasteiger partial charge in [0.05, 0.1) is 6.20 Å². The molecule has 0 saturated carbocycles. The molecule has 0 aromatic carbocycles. The van der Waals surface area contributed by atoms with Gasteiger partial charge in [-0.05, 0) is 18.0 Å². The summed E-state index contributed by atoms with van der Waals surface area (Å²) in [6.07, 6.45) is 4.36. The molecule has 0 spiro atoms. The van der Waals surface area contributed by atoms with Crippen molar-refractivity contribution < 1.29 is 9.84 Å². The van der Waals surface area contributed by atoms with Crippen LogP contribution in [0.2, 0.25) is 25.7 Å². The van der Waals surface area contributed by atoms with Gasteiger partial charge < -0.3 is 9.84 Å². The molecule has 1 heterocycles. The van der Waals surface area contributed by atoms with E-state index in [1.165, 1.54) is 6.04 Å². The zero-order chi connectivity index (χ0) is 12.0. The Kier molecular flexibility index (Phi) is 5.17. The Labute approximate surface area is 98.2 Å². The first-order chi connectivity index (χ1) is 7.51. The minimum absolute atomic E-state index is 0.169. The lowest BCUT2D eigenvalue weighted by Crippen LogP contribution is -2.22. The van der Waals surface area contributed by atoms with Crippen molar-refractivity contribution in [1.82, 2.24) is 9.78 Å². The first-order valence-corrected chi connectivity index (χ1v) is 9.42. The molecular weight excluding hydrogens is 220 g/mol. The van der Waals surface area contributed by atoms with E-state index in [1.807, 2.05) is 6.20 Å². The molecule has 1 rings (SSSR count). The quantitative estimate of drug-likeness (QED) is 0.585. The summed E-state index contributed by atoms with van der Waals surface area (Å²) in [4.78, 5) is 0. The largest absolute Gasteiger partial charge is 0.396 e. The van der Waals surface area contributed by atoms with Crippen molar-refractivity contribution in [3.8, 4) is 0 Å². The Morgan fingerprint density at radius 2 is 2.19 bits per heavy atom. The number of aliphatic hydroxyl groups is 1. The van der Waals surface area contributed by atoms with Crippen molar-refractivity contribution in [2.75, 3.05) is 13.2 Å². The van der Waals surface area contributed by atoms with Crippen LogP contribution in [0.4, 0.5) is 0 Å². The van der Waals surface area contributed by atoms with Crippen LogP contribution in [0.1, 0.15) is 5.56 Å². The maximum absolute atomic E-state index is 8.77. The first kappa shape index (κ1) is 13.4. The van der Waals surface area contributed by atoms with E-state index in [2.05, 4.69) is 24.7 Å². The molecule has 5 heteroatoms. The van der Waals surface area contributed by atoms with Gasteiger partial charge in [0.25, 0.3) is 0 Å². The van der Waals surface area contributed by atoms with Gasteiger partial charge in [-0.2, -0.15) is 5.10 Å². The van der Waals surface area contributed by atoms with Crippen LogP contribution in [0.3, 0.4) is 0 Å². The van der Waals surface area contributed by atoms with Crippen molar-refractivity contribution in [2.45, 2.75) is 38.8 Å². The van der Waals surface area contributed by atoms with E-state index in [-0.39, 0.29) is 6.61 Å². The van der Waals surface area contributed by atoms with Crippen LogP contribution in [0.5, 0.6) is 0 Å². The van der Waals surface area contributed by atoms with E-state index in [0.717, 1.165) is 12.2 Å². The Bertz CT molecular complexity index is 307. The zero-order valence-electron chi connectivity index (χ0n) is 10.4. The molecule has 0 bridgehead atoms. The highest BCUT2D eigenvalue weighted by atomic mass is 28.3. The monoisotopic (exact) mass is 242 g/mol. The topological polar surface area (TPSA) is 47.3 Å². The van der Waals surface area contributed by atoms with Gasteiger partial charge in [-0.1, -0.05) is 19.6 Å². The lowest BCUT2D eigenvalue weighted by molar-refractivity contribution is 0.0785. The second-order valence-corrected chi connectivity index (χ2v) is 10.8. The fraction of sp³-hybridized carbons (Fsp3) is 0.727. The predicted molar refractivity (Wildman–Crippen MR) is 67.1 cm³/mol. The van der Waals surface area contributed by atoms with Crippen molar-refractivity contribution in [1.29, 1.82) is 0 Å². The van der Waals surface area contributed by atoms with Crippen LogP contribution in [-0.4, -0.2) is 36.2 Å². The minimum Gasteiger partial charge on any atom is -0.396 e. The van der Waals surface area contributed by atoms with Crippen LogP contribution >= 0.6 is 0 Å². The molecule has 0 radical (unpaired) electrons. The number of ether oxygens (including phenoxy) is 1. The molecule has 0 fully saturated rings. The molecule has 0 amide bonds. The minimum atomic E-state index is -0.991. The molecule has 1 aromatic rings. The standard InChI is InChI=1S/C11H22N2O2Si/c1-16(2,3)7-6-15-10-13-9-11(4-5-14)8-12-13/h8-9,14H,4-7,10H2,1-3H3. The third-order valence-corrected chi connectivity index (χ3v) is 4.01. The number of aromatic nitrogens is 2. The van der Waals surface area contributed by atoms with Gasteiger partial charge in [0, 0.05) is 27.5 Å². The highest BCUT2D eigenvalue weighted by molar-refractivity contribution is 6.76. The SMILES string of the molecule is C[Si](C)(C)CCOCn1cc(CCO)cn1. The van der Waals surface area contributed by atoms with E-state index < -0.39 is 8.07 Å². The molecular formula is C11H22N2O2Si. The van der Waals surface area contributed by atoms with E-state index in [4.69, 9.17) is 9.84 Å². The number of aliphatic hydroxyl groups excluding tert-OH is 1. The molecule has 1 N–H and O–H groups in total. The second kappa shape index (κ2) is 6.17. The number of hydrogen-bond donors (Lipinski definition) is 1. The number of hydrogen-bond acceptors (Lipinski definition) is 3. The van der Waals surface area contributed by atoms with Crippen LogP contribution in [0, 0.1) is 0 Å². The van der Waals surface area contributed by atoms with E-state index >= 15 is 0 Å². The van der Waals surface area contributed by atoms with E-state index in [0.29, 0.717) is 13.2 Å². The summed E-state index contributed by atoms with van der Waals surface area (Å²) < 4.78 is 7.33. The van der Waals surface area contributed by atoms with Crippen molar-refractivity contribution >= 4 is 8.07 Å². The summed E-state index contributed by atoms with van der Waals surface area (Å²) in [6.45, 7) is 8.50. The third kappa shape index (κ3) is 5.44. The zero-order valence-corrected chi connectivity index (χ0v) is 11.4. The molecule has 0 aliphatic rings. The first-order valence-electron chi connectivity index (χ1n) is 5.71. The fourth-order valence-electron chi connectivity index (χ4n) is 1.27. The Morgan fingerprint density at radius 3 is 2.81 bits per heavy atom. The predicted octanol–water partition coefficient (Wildman–Crippen LogP) is 1.73. The lowest BCUT2D eigenvalue weighted by atomic mass is 10.3. The van der Waals surface area contributed by atoms with Crippen molar-refractivity contribution in [2.24, 2.45) is 0 Å². The van der Waals surface area contributed by atoms with Gasteiger partial charge in [-0.3, -0.25) is 0 Å². The van der Waals surface area contributed by atoms with Crippen molar-refractivity contribution in [3.63, 3.8) is 0 Å². The maximum Gasteiger partial charge on any atom is 0.139 e. The second-order valence-electron chi connectivity index (χ2n) is 5.21. The van der Waals surface area contributed by atoms with Gasteiger partial charge >= 0.3 is 0 Å². The number of nitrogens with zero attached hydrogens (tertiary/aromatic N) is 2. The van der Waals surface area contributed by atoms with Gasteiger partial charge in [0.15, 0.2) is 0 Å². The average Bonchev–Trinajstić information content (AvgIpc) is 2.60. The molecule has 0 saturated heterocycles. The summed E-state index contributed by atoms with van der Waals surface area (Å²) in [5.41, 5.74) is 1.05. The molecule has 0 aliphatic carbocycles. The summed E-state index contributed by atoms with van der Waals surface area (Å²) >= 11 is 0. The van der Waals surface area contributed by atoms with Gasteiger partial charge in [0.2, 0.25) is 0 Å². The molecule has 1 aromatic heterocycles. The maximum atomic E-state index is 8.77. The lowest BCUT2D eigenvalue weighted by Gasteiger charge is -2.15. The van der Waals surface area contributed by atoms with Crippen LogP contribution in [0.15, 0.2) is 12.4 Å². The van der Waals surface area contributed by atoms with Crippen molar-refractivity contribution in [3.05, 3.63) is 18.0 Å². The highest BCUT2D eigenvalue weighted by Crippen LogP contribution is 2.07.